The summed E-state index contributed by atoms with van der Waals surface area (Å²) >= 11 is 3.91. The molecule has 0 heterocycles. The highest BCUT2D eigenvalue weighted by Gasteiger charge is 2.23. The van der Waals surface area contributed by atoms with E-state index in [1.165, 1.54) is 6.42 Å². The van der Waals surface area contributed by atoms with Crippen molar-refractivity contribution < 1.29 is 14.4 Å². The maximum Gasteiger partial charge on any atom is 0.333 e. The third kappa shape index (κ3) is 17.3. The summed E-state index contributed by atoms with van der Waals surface area (Å²) in [5.74, 6) is 3.86. The van der Waals surface area contributed by atoms with E-state index in [4.69, 9.17) is 10.5 Å². The molecule has 0 aliphatic carbocycles. The molecule has 0 aliphatic heterocycles. The van der Waals surface area contributed by atoms with E-state index < -0.39 is 5.97 Å². The van der Waals surface area contributed by atoms with Gasteiger partial charge in [0.15, 0.2) is 6.19 Å². The molecule has 0 aromatic rings. The summed E-state index contributed by atoms with van der Waals surface area (Å²) in [6.07, 6.45) is 9.16. The highest BCUT2D eigenvalue weighted by molar-refractivity contribution is 8.00. The Kier molecular flexibility index (Phi) is 15.3. The van der Waals surface area contributed by atoms with Crippen molar-refractivity contribution in [2.45, 2.75) is 72.6 Å². The summed E-state index contributed by atoms with van der Waals surface area (Å²) in [4.78, 5) is 27.6. The molecule has 0 fully saturated rings. The number of nitriles is 2. The van der Waals surface area contributed by atoms with Crippen LogP contribution in [0.3, 0.4) is 0 Å². The number of nitrogens with one attached hydrogen (secondary N) is 2. The lowest BCUT2D eigenvalue weighted by molar-refractivity contribution is -0.151. The van der Waals surface area contributed by atoms with E-state index in [2.05, 4.69) is 24.0 Å². The first-order valence-electron chi connectivity index (χ1n) is 10.3. The van der Waals surface area contributed by atoms with Crippen LogP contribution >= 0.6 is 23.5 Å². The minimum absolute atomic E-state index is 0.0753. The molecule has 0 spiro atoms. The molecule has 0 unspecified atom stereocenters. The highest BCUT2D eigenvalue weighted by Crippen LogP contribution is 2.29. The molecule has 0 aliphatic rings. The molecule has 7 nitrogen and oxygen atoms in total. The van der Waals surface area contributed by atoms with E-state index in [1.807, 2.05) is 42.9 Å². The molecule has 0 atom stereocenters. The third-order valence-corrected chi connectivity index (χ3v) is 6.84. The van der Waals surface area contributed by atoms with Crippen molar-refractivity contribution in [3.8, 4) is 12.4 Å². The number of thioether (sulfide) groups is 2. The number of nitrogens with zero attached hydrogens (tertiary/aromatic N) is 2. The van der Waals surface area contributed by atoms with Gasteiger partial charge in [-0.2, -0.15) is 39.5 Å². The van der Waals surface area contributed by atoms with Gasteiger partial charge in [-0.05, 0) is 65.9 Å². The van der Waals surface area contributed by atoms with Gasteiger partial charge in [0.2, 0.25) is 12.1 Å². The number of carbonyl (C=O) groups is 2. The van der Waals surface area contributed by atoms with Crippen LogP contribution < -0.4 is 10.8 Å². The van der Waals surface area contributed by atoms with Crippen LogP contribution in [0.1, 0.15) is 72.6 Å². The van der Waals surface area contributed by atoms with Gasteiger partial charge in [-0.15, -0.1) is 0 Å². The van der Waals surface area contributed by atoms with Gasteiger partial charge in [0.25, 0.3) is 0 Å². The minimum Gasteiger partial charge on any atom is -0.334 e. The van der Waals surface area contributed by atoms with Gasteiger partial charge in [-0.1, -0.05) is 27.7 Å². The smallest absolute Gasteiger partial charge is 0.333 e. The van der Waals surface area contributed by atoms with Crippen molar-refractivity contribution in [1.82, 2.24) is 10.8 Å². The molecule has 170 valence electrons. The average Bonchev–Trinajstić information content (AvgIpc) is 2.63. The Morgan fingerprint density at radius 1 is 0.833 bits per heavy atom. The van der Waals surface area contributed by atoms with E-state index in [-0.39, 0.29) is 16.7 Å². The zero-order valence-corrected chi connectivity index (χ0v) is 20.3. The maximum atomic E-state index is 11.6. The monoisotopic (exact) mass is 456 g/mol. The van der Waals surface area contributed by atoms with Crippen LogP contribution in [-0.4, -0.2) is 34.9 Å². The molecule has 1 amide bonds. The first kappa shape index (κ1) is 28.4. The van der Waals surface area contributed by atoms with Gasteiger partial charge >= 0.3 is 5.97 Å². The second-order valence-corrected chi connectivity index (χ2v) is 11.3. The van der Waals surface area contributed by atoms with Gasteiger partial charge in [0, 0.05) is 6.42 Å². The third-order valence-electron chi connectivity index (χ3n) is 4.53. The Morgan fingerprint density at radius 3 is 1.83 bits per heavy atom. The molecule has 0 rings (SSSR count). The normalized spacial score (nSPS) is 11.3. The van der Waals surface area contributed by atoms with E-state index in [1.54, 1.807) is 12.4 Å². The number of carbonyl (C=O) groups excluding carboxylic acids is 2. The summed E-state index contributed by atoms with van der Waals surface area (Å²) in [5.41, 5.74) is 1.72. The Morgan fingerprint density at radius 2 is 1.33 bits per heavy atom. The highest BCUT2D eigenvalue weighted by atomic mass is 32.2. The Labute approximate surface area is 190 Å². The Bertz CT molecular complexity index is 598. The molecular weight excluding hydrogens is 420 g/mol. The van der Waals surface area contributed by atoms with Gasteiger partial charge in [-0.25, -0.2) is 4.79 Å². The summed E-state index contributed by atoms with van der Waals surface area (Å²) < 4.78 is 0. The summed E-state index contributed by atoms with van der Waals surface area (Å²) in [6, 6.07) is 0. The minimum atomic E-state index is -0.403. The van der Waals surface area contributed by atoms with Crippen molar-refractivity contribution in [3.63, 3.8) is 0 Å². The van der Waals surface area contributed by atoms with E-state index in [9.17, 15) is 9.59 Å². The number of hydroxylamine groups is 1. The molecule has 9 heteroatoms. The Hall–Kier alpha value is -1.58. The van der Waals surface area contributed by atoms with Crippen LogP contribution in [0.25, 0.3) is 0 Å². The van der Waals surface area contributed by atoms with Crippen molar-refractivity contribution in [3.05, 3.63) is 0 Å². The molecule has 0 aromatic carbocycles. The number of amides is 1. The summed E-state index contributed by atoms with van der Waals surface area (Å²) in [5, 5.41) is 19.0. The SMILES string of the molecule is CC(C)(CCCSCCCSCCCC(C)(C)CC(=O)ONC#N)CC(=O)NC#N. The number of rotatable bonds is 17. The van der Waals surface area contributed by atoms with Gasteiger partial charge in [0.05, 0.1) is 6.42 Å². The van der Waals surface area contributed by atoms with E-state index in [0.717, 1.165) is 48.7 Å². The van der Waals surface area contributed by atoms with E-state index in [0.29, 0.717) is 12.8 Å². The van der Waals surface area contributed by atoms with Crippen molar-refractivity contribution in [1.29, 1.82) is 10.5 Å². The van der Waals surface area contributed by atoms with Gasteiger partial charge in [0.1, 0.15) is 0 Å². The summed E-state index contributed by atoms with van der Waals surface area (Å²) in [6.45, 7) is 8.22. The van der Waals surface area contributed by atoms with Crippen molar-refractivity contribution in [2.24, 2.45) is 10.8 Å². The predicted molar refractivity (Wildman–Crippen MR) is 123 cm³/mol. The van der Waals surface area contributed by atoms with Crippen LogP contribution in [0, 0.1) is 33.7 Å². The Balaban J connectivity index is 3.62. The topological polar surface area (TPSA) is 115 Å². The molecule has 0 saturated carbocycles. The van der Waals surface area contributed by atoms with Crippen LogP contribution in [0.2, 0.25) is 0 Å². The molecule has 0 radical (unpaired) electrons. The first-order chi connectivity index (χ1) is 14.1. The van der Waals surface area contributed by atoms with Gasteiger partial charge < -0.3 is 4.84 Å². The van der Waals surface area contributed by atoms with Crippen LogP contribution in [0.15, 0.2) is 0 Å². The standard InChI is InChI=1S/C21H36N4O3S2/c1-20(2,14-18(26)24-16-22)8-5-10-29-12-7-13-30-11-6-9-21(3,4)15-19(27)28-25-17-23/h25H,5-15H2,1-4H3,(H,24,26). The van der Waals surface area contributed by atoms with Gasteiger partial charge in [-0.3, -0.25) is 10.1 Å². The lowest BCUT2D eigenvalue weighted by Crippen LogP contribution is -2.25. The zero-order chi connectivity index (χ0) is 22.9. The average molecular weight is 457 g/mol. The van der Waals surface area contributed by atoms with E-state index >= 15 is 0 Å². The number of hydrogen-bond acceptors (Lipinski definition) is 8. The van der Waals surface area contributed by atoms with Crippen molar-refractivity contribution >= 4 is 35.4 Å². The van der Waals surface area contributed by atoms with Crippen LogP contribution in [-0.2, 0) is 14.4 Å². The van der Waals surface area contributed by atoms with Crippen LogP contribution in [0.4, 0.5) is 0 Å². The molecule has 30 heavy (non-hydrogen) atoms. The first-order valence-corrected chi connectivity index (χ1v) is 12.6. The molecule has 2 N–H and O–H groups in total. The second-order valence-electron chi connectivity index (χ2n) is 8.82. The molecule has 0 aromatic heterocycles. The zero-order valence-electron chi connectivity index (χ0n) is 18.7. The fraction of sp³-hybridized carbons (Fsp3) is 0.810. The molecular formula is C21H36N4O3S2. The quantitative estimate of drug-likeness (QED) is 0.144. The largest absolute Gasteiger partial charge is 0.334 e. The van der Waals surface area contributed by atoms with Crippen LogP contribution in [0.5, 0.6) is 0 Å². The maximum absolute atomic E-state index is 11.6. The fourth-order valence-electron chi connectivity index (χ4n) is 3.00. The lowest BCUT2D eigenvalue weighted by atomic mass is 9.84. The lowest BCUT2D eigenvalue weighted by Gasteiger charge is -2.23. The fourth-order valence-corrected chi connectivity index (χ4v) is 4.98. The summed E-state index contributed by atoms with van der Waals surface area (Å²) in [7, 11) is 0. The molecule has 0 bridgehead atoms. The predicted octanol–water partition coefficient (Wildman–Crippen LogP) is 4.36. The number of hydrogen-bond donors (Lipinski definition) is 2. The second kappa shape index (κ2) is 16.2. The van der Waals surface area contributed by atoms with Crippen molar-refractivity contribution in [2.75, 3.05) is 23.0 Å². The molecule has 0 saturated heterocycles.